The summed E-state index contributed by atoms with van der Waals surface area (Å²) < 4.78 is 6.18. The molecular formula is C12H16BrN3O. The molecular weight excluding hydrogens is 282 g/mol. The molecule has 0 fully saturated rings. The summed E-state index contributed by atoms with van der Waals surface area (Å²) in [4.78, 5) is 6.39. The van der Waals surface area contributed by atoms with E-state index in [9.17, 15) is 0 Å². The Hall–Kier alpha value is -1.07. The van der Waals surface area contributed by atoms with Crippen LogP contribution in [0.2, 0.25) is 0 Å². The molecule has 0 spiro atoms. The number of benzene rings is 1. The van der Waals surface area contributed by atoms with Crippen molar-refractivity contribution in [3.63, 3.8) is 0 Å². The maximum absolute atomic E-state index is 5.89. The topological polar surface area (TPSA) is 50.9 Å². The van der Waals surface area contributed by atoms with Gasteiger partial charge in [-0.15, -0.1) is 0 Å². The first kappa shape index (κ1) is 12.4. The first-order valence-electron chi connectivity index (χ1n) is 5.53. The minimum absolute atomic E-state index is 0.234. The fourth-order valence-corrected chi connectivity index (χ4v) is 2.22. The van der Waals surface area contributed by atoms with Gasteiger partial charge in [0.25, 0.3) is 0 Å². The highest BCUT2D eigenvalue weighted by Gasteiger charge is 2.26. The van der Waals surface area contributed by atoms with Gasteiger partial charge in [0.05, 0.1) is 19.2 Å². The van der Waals surface area contributed by atoms with Gasteiger partial charge in [0.2, 0.25) is 0 Å². The lowest BCUT2D eigenvalue weighted by Crippen LogP contribution is -2.38. The van der Waals surface area contributed by atoms with Crippen LogP contribution in [0.1, 0.15) is 11.6 Å². The van der Waals surface area contributed by atoms with Crippen molar-refractivity contribution in [2.24, 2.45) is 10.7 Å². The molecule has 4 nitrogen and oxygen atoms in total. The quantitative estimate of drug-likeness (QED) is 0.921. The number of rotatable bonds is 4. The predicted octanol–water partition coefficient (Wildman–Crippen LogP) is 1.77. The Labute approximate surface area is 110 Å². The van der Waals surface area contributed by atoms with Crippen LogP contribution in [0.4, 0.5) is 0 Å². The molecule has 0 amide bonds. The number of nitrogens with zero attached hydrogens (tertiary/aromatic N) is 2. The van der Waals surface area contributed by atoms with Gasteiger partial charge in [0.1, 0.15) is 0 Å². The maximum atomic E-state index is 5.89. The van der Waals surface area contributed by atoms with Gasteiger partial charge in [-0.2, -0.15) is 0 Å². The summed E-state index contributed by atoms with van der Waals surface area (Å²) in [6.45, 7) is 2.15. The van der Waals surface area contributed by atoms with Crippen molar-refractivity contribution < 1.29 is 4.74 Å². The third kappa shape index (κ3) is 2.79. The van der Waals surface area contributed by atoms with Crippen molar-refractivity contribution in [1.29, 1.82) is 0 Å². The number of aliphatic imine (C=N–C) groups is 1. The summed E-state index contributed by atoms with van der Waals surface area (Å²) in [7, 11) is 1.69. The third-order valence-corrected chi connectivity index (χ3v) is 3.42. The van der Waals surface area contributed by atoms with E-state index in [0.717, 1.165) is 17.6 Å². The predicted molar refractivity (Wildman–Crippen MR) is 72.0 cm³/mol. The van der Waals surface area contributed by atoms with Crippen LogP contribution < -0.4 is 5.73 Å². The van der Waals surface area contributed by atoms with Crippen molar-refractivity contribution in [3.8, 4) is 0 Å². The monoisotopic (exact) mass is 297 g/mol. The highest BCUT2D eigenvalue weighted by Crippen LogP contribution is 2.26. The highest BCUT2D eigenvalue weighted by molar-refractivity contribution is 9.10. The number of ether oxygens (including phenoxy) is 1. The molecule has 0 aromatic heterocycles. The summed E-state index contributed by atoms with van der Waals surface area (Å²) in [5.74, 6) is 0.606. The standard InChI is InChI=1S/C12H16BrN3O/c1-17-7-6-16-11(8-15-12(16)14)9-2-4-10(13)5-3-9/h2-5,11H,6-8H2,1H3,(H2,14,15). The summed E-state index contributed by atoms with van der Waals surface area (Å²) in [5, 5.41) is 0. The zero-order chi connectivity index (χ0) is 12.3. The maximum Gasteiger partial charge on any atom is 0.192 e. The van der Waals surface area contributed by atoms with Crippen LogP contribution in [0.3, 0.4) is 0 Å². The summed E-state index contributed by atoms with van der Waals surface area (Å²) in [5.41, 5.74) is 7.12. The number of hydrogen-bond acceptors (Lipinski definition) is 4. The van der Waals surface area contributed by atoms with Gasteiger partial charge >= 0.3 is 0 Å². The van der Waals surface area contributed by atoms with Gasteiger partial charge in [0.15, 0.2) is 5.96 Å². The molecule has 1 aliphatic rings. The fraction of sp³-hybridized carbons (Fsp3) is 0.417. The van der Waals surface area contributed by atoms with E-state index in [2.05, 4.69) is 38.0 Å². The van der Waals surface area contributed by atoms with E-state index in [0.29, 0.717) is 12.6 Å². The Morgan fingerprint density at radius 2 is 2.18 bits per heavy atom. The Morgan fingerprint density at radius 3 is 2.82 bits per heavy atom. The second kappa shape index (κ2) is 5.51. The van der Waals surface area contributed by atoms with Crippen LogP contribution in [0.5, 0.6) is 0 Å². The molecule has 2 N–H and O–H groups in total. The zero-order valence-electron chi connectivity index (χ0n) is 9.77. The fourth-order valence-electron chi connectivity index (χ4n) is 1.96. The average Bonchev–Trinajstić information content (AvgIpc) is 2.69. The Balaban J connectivity index is 2.12. The number of guanidine groups is 1. The van der Waals surface area contributed by atoms with Crippen molar-refractivity contribution in [2.75, 3.05) is 26.8 Å². The first-order chi connectivity index (χ1) is 8.22. The summed E-state index contributed by atoms with van der Waals surface area (Å²) >= 11 is 3.44. The minimum Gasteiger partial charge on any atom is -0.383 e. The van der Waals surface area contributed by atoms with Crippen molar-refractivity contribution in [1.82, 2.24) is 4.90 Å². The van der Waals surface area contributed by atoms with E-state index in [-0.39, 0.29) is 6.04 Å². The first-order valence-corrected chi connectivity index (χ1v) is 6.32. The molecule has 1 heterocycles. The molecule has 0 aliphatic carbocycles. The third-order valence-electron chi connectivity index (χ3n) is 2.89. The number of nitrogens with two attached hydrogens (primary N) is 1. The molecule has 1 atom stereocenters. The molecule has 17 heavy (non-hydrogen) atoms. The van der Waals surface area contributed by atoms with Crippen molar-refractivity contribution in [2.45, 2.75) is 6.04 Å². The Morgan fingerprint density at radius 1 is 1.47 bits per heavy atom. The molecule has 0 bridgehead atoms. The largest absolute Gasteiger partial charge is 0.383 e. The minimum atomic E-state index is 0.234. The van der Waals surface area contributed by atoms with Crippen LogP contribution >= 0.6 is 15.9 Å². The van der Waals surface area contributed by atoms with E-state index in [1.165, 1.54) is 5.56 Å². The van der Waals surface area contributed by atoms with E-state index in [4.69, 9.17) is 10.5 Å². The molecule has 0 saturated heterocycles. The lowest BCUT2D eigenvalue weighted by atomic mass is 10.1. The Bertz CT molecular complexity index is 405. The van der Waals surface area contributed by atoms with Crippen LogP contribution in [-0.2, 0) is 4.74 Å². The van der Waals surface area contributed by atoms with E-state index >= 15 is 0 Å². The average molecular weight is 298 g/mol. The molecule has 0 saturated carbocycles. The van der Waals surface area contributed by atoms with Crippen LogP contribution in [0, 0.1) is 0 Å². The van der Waals surface area contributed by atoms with Gasteiger partial charge in [-0.25, -0.2) is 0 Å². The summed E-state index contributed by atoms with van der Waals surface area (Å²) in [6.07, 6.45) is 0. The number of halogens is 1. The SMILES string of the molecule is COCCN1C(N)=NCC1c1ccc(Br)cc1. The molecule has 1 unspecified atom stereocenters. The van der Waals surface area contributed by atoms with E-state index < -0.39 is 0 Å². The Kier molecular flexibility index (Phi) is 4.02. The van der Waals surface area contributed by atoms with Crippen LogP contribution in [-0.4, -0.2) is 37.7 Å². The van der Waals surface area contributed by atoms with Crippen LogP contribution in [0.15, 0.2) is 33.7 Å². The second-order valence-corrected chi connectivity index (χ2v) is 4.87. The molecule has 2 rings (SSSR count). The van der Waals surface area contributed by atoms with Gasteiger partial charge in [-0.05, 0) is 17.7 Å². The van der Waals surface area contributed by atoms with Gasteiger partial charge in [0, 0.05) is 18.1 Å². The van der Waals surface area contributed by atoms with E-state index in [1.807, 2.05) is 12.1 Å². The van der Waals surface area contributed by atoms with Gasteiger partial charge < -0.3 is 15.4 Å². The van der Waals surface area contributed by atoms with Gasteiger partial charge in [-0.1, -0.05) is 28.1 Å². The molecule has 5 heteroatoms. The molecule has 0 radical (unpaired) electrons. The normalized spacial score (nSPS) is 19.5. The molecule has 1 aromatic carbocycles. The number of hydrogen-bond donors (Lipinski definition) is 1. The van der Waals surface area contributed by atoms with Crippen LogP contribution in [0.25, 0.3) is 0 Å². The second-order valence-electron chi connectivity index (χ2n) is 3.95. The number of methoxy groups -OCH3 is 1. The summed E-state index contributed by atoms with van der Waals surface area (Å²) in [6, 6.07) is 8.51. The van der Waals surface area contributed by atoms with E-state index in [1.54, 1.807) is 7.11 Å². The lowest BCUT2D eigenvalue weighted by molar-refractivity contribution is 0.166. The van der Waals surface area contributed by atoms with Crippen molar-refractivity contribution in [3.05, 3.63) is 34.3 Å². The van der Waals surface area contributed by atoms with Crippen molar-refractivity contribution >= 4 is 21.9 Å². The zero-order valence-corrected chi connectivity index (χ0v) is 11.4. The molecule has 92 valence electrons. The smallest absolute Gasteiger partial charge is 0.192 e. The lowest BCUT2D eigenvalue weighted by Gasteiger charge is -2.26. The molecule has 1 aliphatic heterocycles. The molecule has 1 aromatic rings. The van der Waals surface area contributed by atoms with Gasteiger partial charge in [-0.3, -0.25) is 4.99 Å². The highest BCUT2D eigenvalue weighted by atomic mass is 79.9.